The molecule has 6 nitrogen and oxygen atoms in total. The van der Waals surface area contributed by atoms with Crippen LogP contribution in [0.25, 0.3) is 0 Å². The van der Waals surface area contributed by atoms with E-state index >= 15 is 0 Å². The molecule has 1 aromatic carbocycles. The Morgan fingerprint density at radius 2 is 1.87 bits per heavy atom. The Kier molecular flexibility index (Phi) is 8.22. The van der Waals surface area contributed by atoms with Crippen LogP contribution in [0, 0.1) is 17.2 Å². The maximum absolute atomic E-state index is 11.8. The summed E-state index contributed by atoms with van der Waals surface area (Å²) < 4.78 is 0. The summed E-state index contributed by atoms with van der Waals surface area (Å²) in [4.78, 5) is 23.5. The lowest BCUT2D eigenvalue weighted by molar-refractivity contribution is 0.0936. The second-order valence-corrected chi connectivity index (χ2v) is 5.39. The molecule has 6 heteroatoms. The predicted octanol–water partition coefficient (Wildman–Crippen LogP) is 2.72. The number of unbranched alkanes of at least 4 members (excludes halogenated alkanes) is 1. The van der Waals surface area contributed by atoms with E-state index in [1.54, 1.807) is 12.1 Å². The normalized spacial score (nSPS) is 11.2. The van der Waals surface area contributed by atoms with Gasteiger partial charge in [0.05, 0.1) is 11.6 Å². The van der Waals surface area contributed by atoms with Crippen LogP contribution in [0.2, 0.25) is 0 Å². The third kappa shape index (κ3) is 6.83. The molecule has 0 saturated heterocycles. The van der Waals surface area contributed by atoms with Crippen molar-refractivity contribution in [2.24, 2.45) is 5.92 Å². The highest BCUT2D eigenvalue weighted by molar-refractivity contribution is 5.95. The van der Waals surface area contributed by atoms with Crippen LogP contribution >= 0.6 is 0 Å². The molecule has 0 saturated carbocycles. The Labute approximate surface area is 137 Å². The van der Waals surface area contributed by atoms with Gasteiger partial charge in [0.15, 0.2) is 0 Å². The summed E-state index contributed by atoms with van der Waals surface area (Å²) in [6.07, 6.45) is 4.39. The van der Waals surface area contributed by atoms with Crippen LogP contribution in [0.1, 0.15) is 55.5 Å². The first-order valence-electron chi connectivity index (χ1n) is 7.95. The first-order valence-corrected chi connectivity index (χ1v) is 7.95. The van der Waals surface area contributed by atoms with E-state index < -0.39 is 11.9 Å². The van der Waals surface area contributed by atoms with Crippen molar-refractivity contribution in [3.05, 3.63) is 35.4 Å². The Balaban J connectivity index is 2.34. The van der Waals surface area contributed by atoms with E-state index in [-0.39, 0.29) is 0 Å². The van der Waals surface area contributed by atoms with Crippen LogP contribution < -0.4 is 16.2 Å². The summed E-state index contributed by atoms with van der Waals surface area (Å²) in [5, 5.41) is 11.5. The van der Waals surface area contributed by atoms with E-state index in [4.69, 9.17) is 5.26 Å². The van der Waals surface area contributed by atoms with Crippen molar-refractivity contribution in [2.75, 3.05) is 6.54 Å². The van der Waals surface area contributed by atoms with Gasteiger partial charge in [-0.2, -0.15) is 5.26 Å². The Morgan fingerprint density at radius 3 is 2.43 bits per heavy atom. The highest BCUT2D eigenvalue weighted by Gasteiger charge is 2.10. The Morgan fingerprint density at radius 1 is 1.17 bits per heavy atom. The molecule has 1 atom stereocenters. The molecular weight excluding hydrogens is 292 g/mol. The number of carbonyl (C=O) groups is 2. The largest absolute Gasteiger partial charge is 0.336 e. The molecule has 0 heterocycles. The van der Waals surface area contributed by atoms with Gasteiger partial charge in [0.25, 0.3) is 5.91 Å². The number of hydrazine groups is 1. The maximum atomic E-state index is 11.8. The van der Waals surface area contributed by atoms with Gasteiger partial charge in [0.2, 0.25) is 0 Å². The van der Waals surface area contributed by atoms with Crippen LogP contribution in [0.5, 0.6) is 0 Å². The number of nitrogens with zero attached hydrogens (tertiary/aromatic N) is 1. The van der Waals surface area contributed by atoms with Crippen molar-refractivity contribution in [1.29, 1.82) is 5.26 Å². The minimum absolute atomic E-state index is 0.374. The van der Waals surface area contributed by atoms with E-state index in [0.717, 1.165) is 25.7 Å². The molecule has 3 amide bonds. The smallest absolute Gasteiger partial charge is 0.333 e. The summed E-state index contributed by atoms with van der Waals surface area (Å²) in [5.41, 5.74) is 5.52. The van der Waals surface area contributed by atoms with Gasteiger partial charge in [-0.25, -0.2) is 10.2 Å². The van der Waals surface area contributed by atoms with Gasteiger partial charge in [-0.1, -0.05) is 33.1 Å². The average molecular weight is 316 g/mol. The van der Waals surface area contributed by atoms with Crippen LogP contribution in [0.4, 0.5) is 4.79 Å². The molecule has 23 heavy (non-hydrogen) atoms. The lowest BCUT2D eigenvalue weighted by Crippen LogP contribution is -2.47. The van der Waals surface area contributed by atoms with Crippen molar-refractivity contribution in [3.63, 3.8) is 0 Å². The topological polar surface area (TPSA) is 94.0 Å². The molecule has 0 aliphatic heterocycles. The highest BCUT2D eigenvalue weighted by Crippen LogP contribution is 2.10. The number of carbonyl (C=O) groups excluding carboxylic acids is 2. The van der Waals surface area contributed by atoms with Crippen molar-refractivity contribution in [1.82, 2.24) is 16.2 Å². The molecular formula is C17H24N4O2. The van der Waals surface area contributed by atoms with E-state index in [0.29, 0.717) is 23.6 Å². The molecule has 0 aromatic heterocycles. The number of hydrogen-bond acceptors (Lipinski definition) is 3. The molecule has 1 rings (SSSR count). The molecule has 0 aliphatic carbocycles. The lowest BCUT2D eigenvalue weighted by Gasteiger charge is -2.15. The summed E-state index contributed by atoms with van der Waals surface area (Å²) in [6.45, 7) is 4.84. The number of nitrogens with one attached hydrogen (secondary N) is 3. The van der Waals surface area contributed by atoms with Crippen LogP contribution in [0.15, 0.2) is 24.3 Å². The maximum Gasteiger partial charge on any atom is 0.333 e. The lowest BCUT2D eigenvalue weighted by atomic mass is 9.99. The van der Waals surface area contributed by atoms with Crippen LogP contribution in [0.3, 0.4) is 0 Å². The van der Waals surface area contributed by atoms with Crippen molar-refractivity contribution in [3.8, 4) is 6.07 Å². The second kappa shape index (κ2) is 10.2. The fourth-order valence-corrected chi connectivity index (χ4v) is 2.11. The van der Waals surface area contributed by atoms with Crippen molar-refractivity contribution >= 4 is 11.9 Å². The molecule has 0 radical (unpaired) electrons. The van der Waals surface area contributed by atoms with Crippen LogP contribution in [-0.4, -0.2) is 18.5 Å². The zero-order valence-corrected chi connectivity index (χ0v) is 13.7. The molecule has 0 fully saturated rings. The van der Waals surface area contributed by atoms with Crippen LogP contribution in [-0.2, 0) is 0 Å². The zero-order valence-electron chi connectivity index (χ0n) is 13.7. The van der Waals surface area contributed by atoms with Crippen molar-refractivity contribution in [2.45, 2.75) is 39.5 Å². The van der Waals surface area contributed by atoms with E-state index in [2.05, 4.69) is 30.0 Å². The van der Waals surface area contributed by atoms with Gasteiger partial charge in [0, 0.05) is 12.1 Å². The summed E-state index contributed by atoms with van der Waals surface area (Å²) in [5.74, 6) is 0.0255. The van der Waals surface area contributed by atoms with Gasteiger partial charge in [-0.05, 0) is 36.6 Å². The fourth-order valence-electron chi connectivity index (χ4n) is 2.11. The SMILES string of the molecule is CCCCC(CC)CNC(=O)NNC(=O)c1ccc(C#N)cc1. The number of benzene rings is 1. The molecule has 1 unspecified atom stereocenters. The number of amides is 3. The quantitative estimate of drug-likeness (QED) is 0.675. The van der Waals surface area contributed by atoms with Gasteiger partial charge in [-0.3, -0.25) is 10.2 Å². The molecule has 3 N–H and O–H groups in total. The number of nitriles is 1. The molecule has 124 valence electrons. The Hall–Kier alpha value is -2.55. The van der Waals surface area contributed by atoms with Gasteiger partial charge in [0.1, 0.15) is 0 Å². The highest BCUT2D eigenvalue weighted by atomic mass is 16.2. The molecule has 1 aromatic rings. The minimum atomic E-state index is -0.429. The average Bonchev–Trinajstić information content (AvgIpc) is 2.59. The van der Waals surface area contributed by atoms with E-state index in [1.165, 1.54) is 12.1 Å². The van der Waals surface area contributed by atoms with E-state index in [9.17, 15) is 9.59 Å². The number of urea groups is 1. The molecule has 0 aliphatic rings. The summed E-state index contributed by atoms with van der Waals surface area (Å²) >= 11 is 0. The summed E-state index contributed by atoms with van der Waals surface area (Å²) in [6, 6.07) is 7.72. The monoisotopic (exact) mass is 316 g/mol. The predicted molar refractivity (Wildman–Crippen MR) is 88.5 cm³/mol. The molecule has 0 spiro atoms. The number of hydrogen-bond donors (Lipinski definition) is 3. The fraction of sp³-hybridized carbons (Fsp3) is 0.471. The third-order valence-electron chi connectivity index (χ3n) is 3.66. The minimum Gasteiger partial charge on any atom is -0.336 e. The van der Waals surface area contributed by atoms with Gasteiger partial charge in [-0.15, -0.1) is 0 Å². The van der Waals surface area contributed by atoms with Crippen molar-refractivity contribution < 1.29 is 9.59 Å². The van der Waals surface area contributed by atoms with E-state index in [1.807, 2.05) is 6.07 Å². The number of rotatable bonds is 7. The second-order valence-electron chi connectivity index (χ2n) is 5.39. The zero-order chi connectivity index (χ0) is 17.1. The summed E-state index contributed by atoms with van der Waals surface area (Å²) in [7, 11) is 0. The third-order valence-corrected chi connectivity index (χ3v) is 3.66. The Bertz CT molecular complexity index is 549. The first-order chi connectivity index (χ1) is 11.1. The van der Waals surface area contributed by atoms with Gasteiger partial charge >= 0.3 is 6.03 Å². The standard InChI is InChI=1S/C17H24N4O2/c1-3-5-6-13(4-2)12-19-17(23)21-20-16(22)15-9-7-14(11-18)8-10-15/h7-10,13H,3-6,12H2,1-2H3,(H,20,22)(H2,19,21,23). The first kappa shape index (κ1) is 18.5. The molecule has 0 bridgehead atoms. The van der Waals surface area contributed by atoms with Gasteiger partial charge < -0.3 is 5.32 Å².